The van der Waals surface area contributed by atoms with E-state index in [1.54, 1.807) is 39.2 Å². The molecule has 2 aromatic rings. The number of esters is 1. The van der Waals surface area contributed by atoms with Crippen LogP contribution in [0.25, 0.3) is 11.1 Å². The van der Waals surface area contributed by atoms with Crippen LogP contribution in [0.15, 0.2) is 30.3 Å². The van der Waals surface area contributed by atoms with Gasteiger partial charge < -0.3 is 34.1 Å². The van der Waals surface area contributed by atoms with Crippen molar-refractivity contribution in [3.05, 3.63) is 41.5 Å². The molecule has 3 rings (SSSR count). The zero-order valence-electron chi connectivity index (χ0n) is 19.2. The molecule has 0 bridgehead atoms. The summed E-state index contributed by atoms with van der Waals surface area (Å²) in [5.41, 5.74) is 1.85. The molecule has 0 fully saturated rings. The van der Waals surface area contributed by atoms with Gasteiger partial charge in [0, 0.05) is 24.8 Å². The Labute approximate surface area is 192 Å². The second kappa shape index (κ2) is 10.5. The maximum atomic E-state index is 12.1. The average Bonchev–Trinajstić information content (AvgIpc) is 3.16. The van der Waals surface area contributed by atoms with E-state index >= 15 is 0 Å². The molecular formula is C24H29NO8. The molecule has 0 aliphatic carbocycles. The highest BCUT2D eigenvalue weighted by Gasteiger charge is 2.28. The van der Waals surface area contributed by atoms with Gasteiger partial charge in [-0.05, 0) is 43.2 Å². The zero-order valence-corrected chi connectivity index (χ0v) is 19.2. The summed E-state index contributed by atoms with van der Waals surface area (Å²) < 4.78 is 27.0. The highest BCUT2D eigenvalue weighted by atomic mass is 16.6. The van der Waals surface area contributed by atoms with Crippen LogP contribution < -0.4 is 14.8 Å². The van der Waals surface area contributed by atoms with E-state index in [1.807, 2.05) is 6.07 Å². The van der Waals surface area contributed by atoms with Gasteiger partial charge in [0.25, 0.3) is 5.91 Å². The molecular weight excluding hydrogens is 430 g/mol. The van der Waals surface area contributed by atoms with Crippen LogP contribution in [0.5, 0.6) is 17.2 Å². The van der Waals surface area contributed by atoms with Crippen molar-refractivity contribution in [2.45, 2.75) is 26.0 Å². The average molecular weight is 459 g/mol. The number of ether oxygens (including phenoxy) is 5. The minimum absolute atomic E-state index is 0.0180. The third kappa shape index (κ3) is 5.74. The van der Waals surface area contributed by atoms with Gasteiger partial charge >= 0.3 is 5.97 Å². The van der Waals surface area contributed by atoms with Crippen LogP contribution in [0.4, 0.5) is 0 Å². The first-order chi connectivity index (χ1) is 15.8. The minimum Gasteiger partial charge on any atom is -0.504 e. The Bertz CT molecular complexity index is 1020. The number of rotatable bonds is 11. The molecule has 0 saturated carbocycles. The molecule has 9 heteroatoms. The molecule has 0 unspecified atom stereocenters. The van der Waals surface area contributed by atoms with E-state index in [0.717, 1.165) is 11.1 Å². The topological polar surface area (TPSA) is 113 Å². The lowest BCUT2D eigenvalue weighted by atomic mass is 9.95. The molecule has 178 valence electrons. The fourth-order valence-electron chi connectivity index (χ4n) is 3.52. The van der Waals surface area contributed by atoms with Crippen LogP contribution in [0.1, 0.15) is 29.8 Å². The lowest BCUT2D eigenvalue weighted by Gasteiger charge is -2.26. The van der Waals surface area contributed by atoms with Crippen molar-refractivity contribution in [1.82, 2.24) is 5.32 Å². The number of hydrogen-bond acceptors (Lipinski definition) is 8. The molecule has 9 nitrogen and oxygen atoms in total. The monoisotopic (exact) mass is 459 g/mol. The van der Waals surface area contributed by atoms with Gasteiger partial charge in [0.1, 0.15) is 18.8 Å². The summed E-state index contributed by atoms with van der Waals surface area (Å²) in [6.07, 6.45) is 0. The summed E-state index contributed by atoms with van der Waals surface area (Å²) in [5.74, 6) is -0.341. The second-order valence-corrected chi connectivity index (χ2v) is 8.08. The maximum absolute atomic E-state index is 12.1. The van der Waals surface area contributed by atoms with E-state index in [0.29, 0.717) is 24.3 Å². The van der Waals surface area contributed by atoms with E-state index in [-0.39, 0.29) is 43.0 Å². The molecule has 1 aliphatic heterocycles. The van der Waals surface area contributed by atoms with Gasteiger partial charge in [-0.3, -0.25) is 4.79 Å². The van der Waals surface area contributed by atoms with Crippen molar-refractivity contribution in [2.24, 2.45) is 0 Å². The quantitative estimate of drug-likeness (QED) is 0.390. The molecule has 0 spiro atoms. The summed E-state index contributed by atoms with van der Waals surface area (Å²) in [5, 5.41) is 13.1. The predicted molar refractivity (Wildman–Crippen MR) is 120 cm³/mol. The van der Waals surface area contributed by atoms with Crippen molar-refractivity contribution in [2.75, 3.05) is 40.6 Å². The fraction of sp³-hybridized carbons (Fsp3) is 0.417. The van der Waals surface area contributed by atoms with Crippen LogP contribution in [0.2, 0.25) is 0 Å². The SMILES string of the molecule is COCCOCC(=O)OC(C)(C)COc1c(-c2cccc3c2CNC3=O)ccc(O)c1OC. The Morgan fingerprint density at radius 3 is 2.55 bits per heavy atom. The number of hydrogen-bond donors (Lipinski definition) is 2. The Morgan fingerprint density at radius 2 is 1.82 bits per heavy atom. The van der Waals surface area contributed by atoms with E-state index in [1.165, 1.54) is 13.2 Å². The van der Waals surface area contributed by atoms with E-state index in [2.05, 4.69) is 5.32 Å². The van der Waals surface area contributed by atoms with Crippen molar-refractivity contribution in [3.8, 4) is 28.4 Å². The normalized spacial score (nSPS) is 12.8. The highest BCUT2D eigenvalue weighted by Crippen LogP contribution is 2.46. The van der Waals surface area contributed by atoms with Crippen molar-refractivity contribution >= 4 is 11.9 Å². The van der Waals surface area contributed by atoms with Gasteiger partial charge in [-0.15, -0.1) is 0 Å². The zero-order chi connectivity index (χ0) is 24.0. The largest absolute Gasteiger partial charge is 0.504 e. The molecule has 0 atom stereocenters. The third-order valence-corrected chi connectivity index (χ3v) is 5.04. The number of nitrogens with one attached hydrogen (secondary N) is 1. The number of carbonyl (C=O) groups is 2. The first-order valence-corrected chi connectivity index (χ1v) is 10.5. The lowest BCUT2D eigenvalue weighted by molar-refractivity contribution is -0.164. The third-order valence-electron chi connectivity index (χ3n) is 5.04. The molecule has 2 N–H and O–H groups in total. The summed E-state index contributed by atoms with van der Waals surface area (Å²) in [7, 11) is 2.97. The van der Waals surface area contributed by atoms with Crippen LogP contribution in [0.3, 0.4) is 0 Å². The van der Waals surface area contributed by atoms with Gasteiger partial charge in [-0.25, -0.2) is 4.79 Å². The van der Waals surface area contributed by atoms with Gasteiger partial charge in [0.05, 0.1) is 20.3 Å². The molecule has 1 aliphatic rings. The van der Waals surface area contributed by atoms with E-state index in [4.69, 9.17) is 23.7 Å². The van der Waals surface area contributed by atoms with Crippen molar-refractivity contribution in [3.63, 3.8) is 0 Å². The van der Waals surface area contributed by atoms with E-state index < -0.39 is 11.6 Å². The number of carbonyl (C=O) groups excluding carboxylic acids is 2. The second-order valence-electron chi connectivity index (χ2n) is 8.08. The summed E-state index contributed by atoms with van der Waals surface area (Å²) in [6.45, 7) is 4.24. The molecule has 1 heterocycles. The van der Waals surface area contributed by atoms with Crippen molar-refractivity contribution < 1.29 is 38.4 Å². The number of amides is 1. The molecule has 1 amide bonds. The minimum atomic E-state index is -0.994. The van der Waals surface area contributed by atoms with E-state index in [9.17, 15) is 14.7 Å². The Hall–Kier alpha value is -3.30. The van der Waals surface area contributed by atoms with Crippen LogP contribution in [-0.2, 0) is 25.5 Å². The number of fused-ring (bicyclic) bond motifs is 1. The first kappa shape index (κ1) is 24.3. The van der Waals surface area contributed by atoms with Gasteiger partial charge in [0.15, 0.2) is 11.5 Å². The number of methoxy groups -OCH3 is 2. The molecule has 0 radical (unpaired) electrons. The summed E-state index contributed by atoms with van der Waals surface area (Å²) in [6, 6.07) is 8.63. The van der Waals surface area contributed by atoms with Gasteiger partial charge in [0.2, 0.25) is 5.75 Å². The summed E-state index contributed by atoms with van der Waals surface area (Å²) >= 11 is 0. The lowest BCUT2D eigenvalue weighted by Crippen LogP contribution is -2.36. The molecule has 2 aromatic carbocycles. The van der Waals surface area contributed by atoms with Gasteiger partial charge in [-0.2, -0.15) is 0 Å². The standard InChI is InChI=1S/C24H29NO8/c1-24(2,33-20(27)13-31-11-10-29-3)14-32-21-16(8-9-19(26)22(21)30-4)15-6-5-7-17-18(15)12-25-23(17)28/h5-9,26H,10-14H2,1-4H3,(H,25,28). The predicted octanol–water partition coefficient (Wildman–Crippen LogP) is 2.67. The van der Waals surface area contributed by atoms with Crippen LogP contribution in [0, 0.1) is 0 Å². The molecule has 33 heavy (non-hydrogen) atoms. The number of phenolic OH excluding ortho intramolecular Hbond substituents is 1. The first-order valence-electron chi connectivity index (χ1n) is 10.5. The smallest absolute Gasteiger partial charge is 0.332 e. The molecule has 0 saturated heterocycles. The maximum Gasteiger partial charge on any atom is 0.332 e. The fourth-order valence-corrected chi connectivity index (χ4v) is 3.52. The summed E-state index contributed by atoms with van der Waals surface area (Å²) in [4.78, 5) is 24.2. The van der Waals surface area contributed by atoms with Crippen LogP contribution >= 0.6 is 0 Å². The number of benzene rings is 2. The Kier molecular flexibility index (Phi) is 7.78. The Morgan fingerprint density at radius 1 is 1.06 bits per heavy atom. The Balaban J connectivity index is 1.83. The number of aromatic hydroxyl groups is 1. The number of phenols is 1. The van der Waals surface area contributed by atoms with Gasteiger partial charge in [-0.1, -0.05) is 12.1 Å². The highest BCUT2D eigenvalue weighted by molar-refractivity contribution is 6.01. The molecule has 0 aromatic heterocycles. The van der Waals surface area contributed by atoms with Crippen molar-refractivity contribution in [1.29, 1.82) is 0 Å². The van der Waals surface area contributed by atoms with Crippen LogP contribution in [-0.4, -0.2) is 63.2 Å².